The minimum atomic E-state index is -1.72. The summed E-state index contributed by atoms with van der Waals surface area (Å²) in [6, 6.07) is 0.0250. The Bertz CT molecular complexity index is 442. The van der Waals surface area contributed by atoms with Gasteiger partial charge in [-0.1, -0.05) is 0 Å². The van der Waals surface area contributed by atoms with E-state index in [1.807, 2.05) is 4.90 Å². The molecule has 5 atom stereocenters. The van der Waals surface area contributed by atoms with Crippen molar-refractivity contribution in [2.24, 2.45) is 5.92 Å². The van der Waals surface area contributed by atoms with Crippen LogP contribution in [0.5, 0.6) is 0 Å². The molecule has 0 amide bonds. The van der Waals surface area contributed by atoms with E-state index in [1.165, 1.54) is 0 Å². The van der Waals surface area contributed by atoms with Gasteiger partial charge in [0.2, 0.25) is 0 Å². The number of piperidine rings is 3. The third kappa shape index (κ3) is 1.60. The van der Waals surface area contributed by atoms with E-state index >= 15 is 0 Å². The Labute approximate surface area is 112 Å². The monoisotopic (exact) mass is 269 g/mol. The number of nitrogens with zero attached hydrogens (tertiary/aromatic N) is 1. The molecule has 5 heteroatoms. The van der Waals surface area contributed by atoms with Crippen molar-refractivity contribution in [1.29, 1.82) is 0 Å². The Hall–Kier alpha value is -0.970. The number of ether oxygens (including phenoxy) is 1. The minimum Gasteiger partial charge on any atom is -0.458 e. The zero-order valence-electron chi connectivity index (χ0n) is 11.6. The van der Waals surface area contributed by atoms with Gasteiger partial charge in [-0.25, -0.2) is 9.18 Å². The number of rotatable bonds is 1. The van der Waals surface area contributed by atoms with Gasteiger partial charge in [0.15, 0.2) is 17.5 Å². The molecule has 3 heterocycles. The largest absolute Gasteiger partial charge is 0.458 e. The first kappa shape index (κ1) is 13.0. The van der Waals surface area contributed by atoms with E-state index in [9.17, 15) is 14.0 Å². The van der Waals surface area contributed by atoms with Crippen molar-refractivity contribution >= 4 is 11.8 Å². The second-order valence-corrected chi connectivity index (χ2v) is 6.94. The van der Waals surface area contributed by atoms with Crippen LogP contribution < -0.4 is 0 Å². The summed E-state index contributed by atoms with van der Waals surface area (Å²) in [6.45, 7) is 6.01. The molecular formula is C14H20FNO3. The normalized spacial score (nSPS) is 44.5. The molecule has 106 valence electrons. The van der Waals surface area contributed by atoms with Gasteiger partial charge in [-0.3, -0.25) is 9.69 Å². The second kappa shape index (κ2) is 3.78. The highest BCUT2D eigenvalue weighted by Gasteiger charge is 2.72. The molecule has 0 N–H and O–H groups in total. The summed E-state index contributed by atoms with van der Waals surface area (Å²) in [5, 5.41) is 0. The first-order valence-corrected chi connectivity index (χ1v) is 6.94. The molecule has 3 fully saturated rings. The first-order chi connectivity index (χ1) is 8.76. The Morgan fingerprint density at radius 3 is 2.68 bits per heavy atom. The molecule has 3 aliphatic rings. The van der Waals surface area contributed by atoms with Crippen molar-refractivity contribution < 1.29 is 18.7 Å². The number of alkyl halides is 1. The van der Waals surface area contributed by atoms with Crippen LogP contribution in [0.2, 0.25) is 0 Å². The van der Waals surface area contributed by atoms with E-state index in [4.69, 9.17) is 4.74 Å². The predicted octanol–water partition coefficient (Wildman–Crippen LogP) is 1.47. The van der Waals surface area contributed by atoms with Crippen LogP contribution in [0.15, 0.2) is 0 Å². The fourth-order valence-corrected chi connectivity index (χ4v) is 3.85. The maximum atomic E-state index is 14.5. The molecule has 0 saturated carbocycles. The zero-order valence-corrected chi connectivity index (χ0v) is 11.6. The summed E-state index contributed by atoms with van der Waals surface area (Å²) in [5.41, 5.74) is -1.97. The van der Waals surface area contributed by atoms with Gasteiger partial charge in [0.05, 0.1) is 0 Å². The fourth-order valence-electron chi connectivity index (χ4n) is 3.85. The number of Topliss-reactive ketones (excluding diaryl/α,β-unsaturated/α-hetero) is 1. The van der Waals surface area contributed by atoms with Gasteiger partial charge in [-0.2, -0.15) is 0 Å². The SMILES string of the molecule is CC(C)(C)OC(=O)C12C3CCC(CC(=O)C1F)N2C3. The van der Waals surface area contributed by atoms with E-state index in [0.29, 0.717) is 0 Å². The lowest BCUT2D eigenvalue weighted by atomic mass is 9.59. The number of hydrogen-bond donors (Lipinski definition) is 0. The molecule has 4 bridgehead atoms. The summed E-state index contributed by atoms with van der Waals surface area (Å²) in [7, 11) is 0. The van der Waals surface area contributed by atoms with Crippen molar-refractivity contribution in [3.05, 3.63) is 0 Å². The first-order valence-electron chi connectivity index (χ1n) is 6.94. The van der Waals surface area contributed by atoms with E-state index in [1.54, 1.807) is 20.8 Å². The van der Waals surface area contributed by atoms with Crippen LogP contribution >= 0.6 is 0 Å². The maximum Gasteiger partial charge on any atom is 0.330 e. The smallest absolute Gasteiger partial charge is 0.330 e. The highest BCUT2D eigenvalue weighted by molar-refractivity contribution is 5.97. The lowest BCUT2D eigenvalue weighted by molar-refractivity contribution is -0.231. The lowest BCUT2D eigenvalue weighted by Gasteiger charge is -2.66. The number of carbonyl (C=O) groups is 2. The number of hydrogen-bond acceptors (Lipinski definition) is 4. The molecule has 0 aliphatic carbocycles. The molecule has 5 unspecified atom stereocenters. The number of halogens is 1. The van der Waals surface area contributed by atoms with Gasteiger partial charge < -0.3 is 4.74 Å². The zero-order chi connectivity index (χ0) is 14.0. The van der Waals surface area contributed by atoms with Crippen LogP contribution in [0, 0.1) is 5.92 Å². The number of ketones is 1. The third-order valence-corrected chi connectivity index (χ3v) is 4.64. The fraction of sp³-hybridized carbons (Fsp3) is 0.857. The maximum absolute atomic E-state index is 14.5. The Morgan fingerprint density at radius 2 is 2.11 bits per heavy atom. The Kier molecular flexibility index (Phi) is 2.59. The predicted molar refractivity (Wildman–Crippen MR) is 66.3 cm³/mol. The molecular weight excluding hydrogens is 249 g/mol. The van der Waals surface area contributed by atoms with Gasteiger partial charge in [-0.05, 0) is 33.6 Å². The van der Waals surface area contributed by atoms with Crippen LogP contribution in [-0.4, -0.2) is 46.6 Å². The molecule has 0 aromatic carbocycles. The van der Waals surface area contributed by atoms with Crippen LogP contribution in [0.4, 0.5) is 4.39 Å². The van der Waals surface area contributed by atoms with Gasteiger partial charge in [-0.15, -0.1) is 0 Å². The minimum absolute atomic E-state index is 0.0250. The van der Waals surface area contributed by atoms with Crippen molar-refractivity contribution in [2.45, 2.75) is 63.4 Å². The van der Waals surface area contributed by atoms with Gasteiger partial charge in [0, 0.05) is 24.9 Å². The van der Waals surface area contributed by atoms with Crippen molar-refractivity contribution in [3.8, 4) is 0 Å². The molecule has 3 aliphatic heterocycles. The molecule has 3 rings (SSSR count). The van der Waals surface area contributed by atoms with Gasteiger partial charge in [0.1, 0.15) is 5.60 Å². The molecule has 0 radical (unpaired) electrons. The average molecular weight is 269 g/mol. The lowest BCUT2D eigenvalue weighted by Crippen LogP contribution is -2.84. The molecule has 19 heavy (non-hydrogen) atoms. The average Bonchev–Trinajstić information content (AvgIpc) is 2.25. The van der Waals surface area contributed by atoms with Crippen LogP contribution in [0.3, 0.4) is 0 Å². The van der Waals surface area contributed by atoms with E-state index < -0.39 is 29.1 Å². The summed E-state index contributed by atoms with van der Waals surface area (Å²) in [5.74, 6) is -1.06. The van der Waals surface area contributed by atoms with Crippen LogP contribution in [-0.2, 0) is 14.3 Å². The Balaban J connectivity index is 1.95. The highest BCUT2D eigenvalue weighted by Crippen LogP contribution is 2.54. The number of esters is 1. The van der Waals surface area contributed by atoms with E-state index in [-0.39, 0.29) is 18.4 Å². The van der Waals surface area contributed by atoms with Crippen LogP contribution in [0.1, 0.15) is 40.0 Å². The number of carbonyl (C=O) groups excluding carboxylic acids is 2. The molecule has 4 nitrogen and oxygen atoms in total. The molecule has 3 saturated heterocycles. The molecule has 0 aromatic rings. The van der Waals surface area contributed by atoms with E-state index in [0.717, 1.165) is 19.4 Å². The quantitative estimate of drug-likeness (QED) is 0.676. The van der Waals surface area contributed by atoms with Crippen LogP contribution in [0.25, 0.3) is 0 Å². The summed E-state index contributed by atoms with van der Waals surface area (Å²) in [4.78, 5) is 26.2. The van der Waals surface area contributed by atoms with Gasteiger partial charge in [0.25, 0.3) is 0 Å². The second-order valence-electron chi connectivity index (χ2n) is 6.94. The standard InChI is InChI=1S/C14H20FNO3/c1-13(2,3)19-12(18)14-8-4-5-9(16(14)7-8)6-10(17)11(14)15/h8-9,11H,4-7H2,1-3H3. The summed E-state index contributed by atoms with van der Waals surface area (Å²) in [6.07, 6.45) is 0.206. The summed E-state index contributed by atoms with van der Waals surface area (Å²) < 4.78 is 19.9. The van der Waals surface area contributed by atoms with E-state index in [2.05, 4.69) is 0 Å². The Morgan fingerprint density at radius 1 is 1.42 bits per heavy atom. The topological polar surface area (TPSA) is 46.6 Å². The highest BCUT2D eigenvalue weighted by atomic mass is 19.1. The molecule has 0 spiro atoms. The van der Waals surface area contributed by atoms with Crippen molar-refractivity contribution in [3.63, 3.8) is 0 Å². The third-order valence-electron chi connectivity index (χ3n) is 4.64. The van der Waals surface area contributed by atoms with Crippen molar-refractivity contribution in [2.75, 3.05) is 6.54 Å². The summed E-state index contributed by atoms with van der Waals surface area (Å²) >= 11 is 0. The molecule has 0 aromatic heterocycles. The van der Waals surface area contributed by atoms with Crippen molar-refractivity contribution in [1.82, 2.24) is 4.90 Å². The van der Waals surface area contributed by atoms with Gasteiger partial charge >= 0.3 is 5.97 Å².